The van der Waals surface area contributed by atoms with Gasteiger partial charge < -0.3 is 10.2 Å². The number of amides is 1. The van der Waals surface area contributed by atoms with Crippen molar-refractivity contribution < 1.29 is 4.79 Å². The lowest BCUT2D eigenvalue weighted by atomic mass is 9.93. The zero-order valence-electron chi connectivity index (χ0n) is 16.3. The van der Waals surface area contributed by atoms with E-state index in [1.807, 2.05) is 49.5 Å². The molecular formula is C24H20N4O. The normalized spacial score (nSPS) is 19.2. The van der Waals surface area contributed by atoms with Crippen LogP contribution in [-0.2, 0) is 16.9 Å². The summed E-state index contributed by atoms with van der Waals surface area (Å²) in [5.41, 5.74) is 5.83. The molecule has 0 aliphatic carbocycles. The highest BCUT2D eigenvalue weighted by molar-refractivity contribution is 6.11. The van der Waals surface area contributed by atoms with Crippen LogP contribution in [0.3, 0.4) is 0 Å². The van der Waals surface area contributed by atoms with E-state index in [-0.39, 0.29) is 5.91 Å². The summed E-state index contributed by atoms with van der Waals surface area (Å²) in [6.07, 6.45) is 0.912. The second kappa shape index (κ2) is 5.47. The molecule has 1 N–H and O–H groups in total. The molecule has 1 spiro atoms. The number of fused-ring (bicyclic) bond motifs is 8. The van der Waals surface area contributed by atoms with Crippen LogP contribution in [0.15, 0.2) is 66.7 Å². The van der Waals surface area contributed by atoms with Crippen LogP contribution in [-0.4, -0.2) is 22.5 Å². The lowest BCUT2D eigenvalue weighted by Gasteiger charge is -2.38. The lowest BCUT2D eigenvalue weighted by molar-refractivity contribution is -0.122. The summed E-state index contributed by atoms with van der Waals surface area (Å²) >= 11 is 0. The van der Waals surface area contributed by atoms with Gasteiger partial charge in [-0.15, -0.1) is 0 Å². The summed E-state index contributed by atoms with van der Waals surface area (Å²) in [7, 11) is 1.85. The minimum absolute atomic E-state index is 0.000316. The number of aromatic nitrogens is 2. The van der Waals surface area contributed by atoms with Crippen LogP contribution in [0.2, 0.25) is 0 Å². The van der Waals surface area contributed by atoms with E-state index in [1.165, 1.54) is 5.56 Å². The zero-order chi connectivity index (χ0) is 19.8. The molecule has 0 fully saturated rings. The molecule has 142 valence electrons. The molecule has 2 aliphatic heterocycles. The number of carbonyl (C=O) groups is 1. The number of carbonyl (C=O) groups excluding carboxylic acids is 1. The van der Waals surface area contributed by atoms with Crippen LogP contribution in [0.1, 0.15) is 18.1 Å². The maximum atomic E-state index is 13.9. The van der Waals surface area contributed by atoms with Gasteiger partial charge in [-0.05, 0) is 48.4 Å². The Morgan fingerprint density at radius 3 is 2.69 bits per heavy atom. The van der Waals surface area contributed by atoms with E-state index < -0.39 is 5.66 Å². The Bertz CT molecular complexity index is 1320. The quantitative estimate of drug-likeness (QED) is 0.534. The first-order valence-electron chi connectivity index (χ1n) is 9.92. The molecule has 2 aliphatic rings. The average molecular weight is 380 g/mol. The predicted octanol–water partition coefficient (Wildman–Crippen LogP) is 4.37. The molecule has 0 saturated carbocycles. The molecule has 1 unspecified atom stereocenters. The van der Waals surface area contributed by atoms with Crippen molar-refractivity contribution in [1.29, 1.82) is 0 Å². The Labute approximate surface area is 168 Å². The van der Waals surface area contributed by atoms with Crippen molar-refractivity contribution in [3.8, 4) is 11.4 Å². The van der Waals surface area contributed by atoms with Crippen molar-refractivity contribution in [3.05, 3.63) is 77.9 Å². The smallest absolute Gasteiger partial charge is 0.278 e. The van der Waals surface area contributed by atoms with E-state index in [4.69, 9.17) is 4.98 Å². The maximum absolute atomic E-state index is 13.9. The first-order chi connectivity index (χ1) is 14.1. The van der Waals surface area contributed by atoms with E-state index in [2.05, 4.69) is 41.1 Å². The van der Waals surface area contributed by atoms with Crippen molar-refractivity contribution in [3.63, 3.8) is 0 Å². The average Bonchev–Trinajstić information content (AvgIpc) is 3.25. The Morgan fingerprint density at radius 2 is 1.83 bits per heavy atom. The summed E-state index contributed by atoms with van der Waals surface area (Å²) in [6, 6.07) is 22.4. The number of imidazole rings is 1. The van der Waals surface area contributed by atoms with Gasteiger partial charge in [0.25, 0.3) is 5.91 Å². The van der Waals surface area contributed by atoms with Gasteiger partial charge in [-0.25, -0.2) is 4.98 Å². The summed E-state index contributed by atoms with van der Waals surface area (Å²) in [5.74, 6) is 0.816. The summed E-state index contributed by atoms with van der Waals surface area (Å²) < 4.78 is 2.09. The Hall–Kier alpha value is -3.60. The van der Waals surface area contributed by atoms with E-state index in [9.17, 15) is 4.79 Å². The largest absolute Gasteiger partial charge is 0.350 e. The second-order valence-corrected chi connectivity index (χ2v) is 7.71. The molecular weight excluding hydrogens is 360 g/mol. The molecule has 1 atom stereocenters. The van der Waals surface area contributed by atoms with E-state index >= 15 is 0 Å². The van der Waals surface area contributed by atoms with Crippen molar-refractivity contribution in [1.82, 2.24) is 9.55 Å². The SMILES string of the molecule is CCc1ccc2c(c1)C1(Nc3ccccc3-c3nc4ccccc4n31)C(=O)N2C. The molecule has 4 aromatic rings. The number of aryl methyl sites for hydroxylation is 1. The summed E-state index contributed by atoms with van der Waals surface area (Å²) in [4.78, 5) is 20.6. The van der Waals surface area contributed by atoms with Crippen molar-refractivity contribution in [2.45, 2.75) is 19.0 Å². The van der Waals surface area contributed by atoms with Crippen LogP contribution in [0.25, 0.3) is 22.4 Å². The van der Waals surface area contributed by atoms with Crippen molar-refractivity contribution >= 4 is 28.3 Å². The number of hydrogen-bond acceptors (Lipinski definition) is 3. The number of hydrogen-bond donors (Lipinski definition) is 1. The highest BCUT2D eigenvalue weighted by Gasteiger charge is 2.55. The van der Waals surface area contributed by atoms with Crippen LogP contribution >= 0.6 is 0 Å². The van der Waals surface area contributed by atoms with Gasteiger partial charge in [0.15, 0.2) is 0 Å². The van der Waals surface area contributed by atoms with Crippen LogP contribution in [0, 0.1) is 0 Å². The molecule has 0 bridgehead atoms. The lowest BCUT2D eigenvalue weighted by Crippen LogP contribution is -2.52. The number of nitrogens with one attached hydrogen (secondary N) is 1. The minimum atomic E-state index is -1.05. The first-order valence-corrected chi connectivity index (χ1v) is 9.92. The molecule has 0 radical (unpaired) electrons. The highest BCUT2D eigenvalue weighted by atomic mass is 16.2. The van der Waals surface area contributed by atoms with E-state index in [0.717, 1.165) is 45.8 Å². The Morgan fingerprint density at radius 1 is 1.03 bits per heavy atom. The molecule has 3 heterocycles. The zero-order valence-corrected chi connectivity index (χ0v) is 16.3. The standard InChI is InChI=1S/C24H20N4O/c1-3-15-12-13-20-17(14-15)24(23(29)27(20)2)26-18-9-5-4-8-16(18)22-25-19-10-6-7-11-21(19)28(22)24/h4-14,26H,3H2,1-2H3. The van der Waals surface area contributed by atoms with Gasteiger partial charge in [0.2, 0.25) is 5.66 Å². The van der Waals surface area contributed by atoms with Crippen LogP contribution < -0.4 is 10.2 Å². The number of rotatable bonds is 1. The molecule has 1 aromatic heterocycles. The number of benzene rings is 3. The van der Waals surface area contributed by atoms with Crippen LogP contribution in [0.5, 0.6) is 0 Å². The summed E-state index contributed by atoms with van der Waals surface area (Å²) in [5, 5.41) is 3.63. The Balaban J connectivity index is 1.78. The number of para-hydroxylation sites is 3. The fourth-order valence-corrected chi connectivity index (χ4v) is 4.77. The maximum Gasteiger partial charge on any atom is 0.278 e. The predicted molar refractivity (Wildman–Crippen MR) is 115 cm³/mol. The molecule has 6 rings (SSSR count). The van der Waals surface area contributed by atoms with Gasteiger partial charge in [-0.3, -0.25) is 9.36 Å². The third-order valence-electron chi connectivity index (χ3n) is 6.21. The third kappa shape index (κ3) is 1.89. The van der Waals surface area contributed by atoms with Crippen molar-refractivity contribution in [2.75, 3.05) is 17.3 Å². The van der Waals surface area contributed by atoms with Gasteiger partial charge >= 0.3 is 0 Å². The first kappa shape index (κ1) is 16.4. The van der Waals surface area contributed by atoms with Gasteiger partial charge in [0.1, 0.15) is 5.82 Å². The fraction of sp³-hybridized carbons (Fsp3) is 0.167. The number of likely N-dealkylation sites (N-methyl/N-ethyl adjacent to an activating group) is 1. The van der Waals surface area contributed by atoms with Gasteiger partial charge in [-0.1, -0.05) is 37.3 Å². The molecule has 5 nitrogen and oxygen atoms in total. The topological polar surface area (TPSA) is 50.2 Å². The monoisotopic (exact) mass is 380 g/mol. The molecule has 29 heavy (non-hydrogen) atoms. The van der Waals surface area contributed by atoms with E-state index in [1.54, 1.807) is 4.90 Å². The van der Waals surface area contributed by atoms with Crippen molar-refractivity contribution in [2.24, 2.45) is 0 Å². The van der Waals surface area contributed by atoms with Gasteiger partial charge in [-0.2, -0.15) is 0 Å². The van der Waals surface area contributed by atoms with Gasteiger partial charge in [0, 0.05) is 23.9 Å². The Kier molecular flexibility index (Phi) is 3.09. The van der Waals surface area contributed by atoms with E-state index in [0.29, 0.717) is 0 Å². The summed E-state index contributed by atoms with van der Waals surface area (Å²) in [6.45, 7) is 2.14. The molecule has 1 amide bonds. The third-order valence-corrected chi connectivity index (χ3v) is 6.21. The van der Waals surface area contributed by atoms with Gasteiger partial charge in [0.05, 0.1) is 16.7 Å². The molecule has 3 aromatic carbocycles. The molecule has 5 heteroatoms. The number of nitrogens with zero attached hydrogens (tertiary/aromatic N) is 3. The fourth-order valence-electron chi connectivity index (χ4n) is 4.77. The minimum Gasteiger partial charge on any atom is -0.350 e. The molecule has 0 saturated heterocycles. The van der Waals surface area contributed by atoms with Crippen LogP contribution in [0.4, 0.5) is 11.4 Å². The highest BCUT2D eigenvalue weighted by Crippen LogP contribution is 2.50. The number of anilines is 2. The second-order valence-electron chi connectivity index (χ2n) is 7.71.